The third-order valence-electron chi connectivity index (χ3n) is 4.00. The Labute approximate surface area is 154 Å². The molecule has 0 radical (unpaired) electrons. The van der Waals surface area contributed by atoms with Crippen LogP contribution in [0.4, 0.5) is 4.39 Å². The number of rotatable bonds is 4. The largest absolute Gasteiger partial charge is 0.463 e. The molecule has 2 heterocycles. The normalized spacial score (nSPS) is 11.1. The van der Waals surface area contributed by atoms with Crippen molar-refractivity contribution in [2.24, 2.45) is 5.10 Å². The van der Waals surface area contributed by atoms with Crippen LogP contribution in [0.2, 0.25) is 0 Å². The maximum absolute atomic E-state index is 13.2. The highest BCUT2D eigenvalue weighted by Crippen LogP contribution is 2.25. The van der Waals surface area contributed by atoms with Crippen molar-refractivity contribution in [3.8, 4) is 11.3 Å². The molecule has 0 atom stereocenters. The van der Waals surface area contributed by atoms with E-state index in [0.29, 0.717) is 27.9 Å². The zero-order valence-electron chi connectivity index (χ0n) is 14.1. The molecule has 0 spiro atoms. The average Bonchev–Trinajstić information content (AvgIpc) is 3.21. The lowest BCUT2D eigenvalue weighted by molar-refractivity contribution is 0.0956. The quantitative estimate of drug-likeness (QED) is 0.434. The van der Waals surface area contributed by atoms with E-state index in [4.69, 9.17) is 4.42 Å². The van der Waals surface area contributed by atoms with Gasteiger partial charge in [-0.05, 0) is 48.5 Å². The van der Waals surface area contributed by atoms with Gasteiger partial charge in [-0.1, -0.05) is 18.2 Å². The summed E-state index contributed by atoms with van der Waals surface area (Å²) in [7, 11) is 0. The number of furan rings is 1. The minimum absolute atomic E-state index is 0.329. The summed E-state index contributed by atoms with van der Waals surface area (Å²) in [6, 6.07) is 18.4. The first kappa shape index (κ1) is 16.7. The number of hydrazone groups is 1. The molecule has 132 valence electrons. The van der Waals surface area contributed by atoms with Crippen LogP contribution in [-0.4, -0.2) is 17.1 Å². The standard InChI is InChI=1S/C21H14FN3O2/c22-15-9-7-14(8-10-15)20-12-18(17-5-1-2-6-19(17)24-20)21(26)25-23-13-16-4-3-11-27-16/h1-13H,(H,25,26)/b23-13-. The van der Waals surface area contributed by atoms with Gasteiger partial charge in [0, 0.05) is 10.9 Å². The van der Waals surface area contributed by atoms with Crippen LogP contribution in [0, 0.1) is 5.82 Å². The van der Waals surface area contributed by atoms with E-state index >= 15 is 0 Å². The first-order chi connectivity index (χ1) is 13.2. The Hall–Kier alpha value is -3.80. The molecule has 0 aliphatic heterocycles. The van der Waals surface area contributed by atoms with Gasteiger partial charge in [-0.25, -0.2) is 14.8 Å². The SMILES string of the molecule is O=C(N/N=C\c1ccco1)c1cc(-c2ccc(F)cc2)nc2ccccc12. The molecule has 6 heteroatoms. The first-order valence-electron chi connectivity index (χ1n) is 8.23. The van der Waals surface area contributed by atoms with Crippen LogP contribution in [0.3, 0.4) is 0 Å². The van der Waals surface area contributed by atoms with Crippen LogP contribution in [0.15, 0.2) is 82.5 Å². The summed E-state index contributed by atoms with van der Waals surface area (Å²) in [6.07, 6.45) is 2.94. The van der Waals surface area contributed by atoms with Gasteiger partial charge in [-0.15, -0.1) is 0 Å². The van der Waals surface area contributed by atoms with Gasteiger partial charge in [0.15, 0.2) is 0 Å². The molecule has 0 saturated carbocycles. The van der Waals surface area contributed by atoms with Crippen LogP contribution >= 0.6 is 0 Å². The minimum atomic E-state index is -0.375. The number of hydrogen-bond acceptors (Lipinski definition) is 4. The monoisotopic (exact) mass is 359 g/mol. The highest BCUT2D eigenvalue weighted by molar-refractivity contribution is 6.07. The second-order valence-corrected chi connectivity index (χ2v) is 5.79. The number of halogens is 1. The predicted molar refractivity (Wildman–Crippen MR) is 101 cm³/mol. The molecule has 0 aliphatic carbocycles. The molecule has 1 amide bonds. The lowest BCUT2D eigenvalue weighted by Crippen LogP contribution is -2.18. The summed E-state index contributed by atoms with van der Waals surface area (Å²) in [4.78, 5) is 17.3. The topological polar surface area (TPSA) is 67.5 Å². The van der Waals surface area contributed by atoms with E-state index in [1.165, 1.54) is 24.6 Å². The molecular weight excluding hydrogens is 345 g/mol. The molecule has 0 fully saturated rings. The van der Waals surface area contributed by atoms with Gasteiger partial charge in [0.1, 0.15) is 11.6 Å². The van der Waals surface area contributed by atoms with Gasteiger partial charge in [-0.3, -0.25) is 4.79 Å². The number of amides is 1. The van der Waals surface area contributed by atoms with Crippen LogP contribution in [-0.2, 0) is 0 Å². The summed E-state index contributed by atoms with van der Waals surface area (Å²) in [5.74, 6) is -0.175. The van der Waals surface area contributed by atoms with Gasteiger partial charge in [0.05, 0.1) is 29.3 Å². The Balaban J connectivity index is 1.71. The van der Waals surface area contributed by atoms with Crippen molar-refractivity contribution < 1.29 is 13.6 Å². The van der Waals surface area contributed by atoms with E-state index in [2.05, 4.69) is 15.5 Å². The van der Waals surface area contributed by atoms with Crippen molar-refractivity contribution in [2.45, 2.75) is 0 Å². The van der Waals surface area contributed by atoms with Crippen LogP contribution in [0.25, 0.3) is 22.2 Å². The first-order valence-corrected chi connectivity index (χ1v) is 8.23. The fraction of sp³-hybridized carbons (Fsp3) is 0. The summed E-state index contributed by atoms with van der Waals surface area (Å²) in [5.41, 5.74) is 4.89. The predicted octanol–water partition coefficient (Wildman–Crippen LogP) is 4.40. The molecule has 0 saturated heterocycles. The van der Waals surface area contributed by atoms with E-state index < -0.39 is 0 Å². The molecule has 4 aromatic rings. The van der Waals surface area contributed by atoms with Crippen LogP contribution in [0.1, 0.15) is 16.1 Å². The Bertz CT molecular complexity index is 1120. The smallest absolute Gasteiger partial charge is 0.272 e. The van der Waals surface area contributed by atoms with Crippen LogP contribution < -0.4 is 5.43 Å². The summed E-state index contributed by atoms with van der Waals surface area (Å²) in [6.45, 7) is 0. The average molecular weight is 359 g/mol. The maximum Gasteiger partial charge on any atom is 0.272 e. The number of nitrogens with zero attached hydrogens (tertiary/aromatic N) is 2. The van der Waals surface area contributed by atoms with Gasteiger partial charge < -0.3 is 4.42 Å². The number of carbonyl (C=O) groups is 1. The highest BCUT2D eigenvalue weighted by Gasteiger charge is 2.13. The third-order valence-corrected chi connectivity index (χ3v) is 4.00. The van der Waals surface area contributed by atoms with Crippen LogP contribution in [0.5, 0.6) is 0 Å². The Morgan fingerprint density at radius 3 is 2.67 bits per heavy atom. The summed E-state index contributed by atoms with van der Waals surface area (Å²) in [5, 5.41) is 4.63. The molecule has 0 bridgehead atoms. The molecule has 5 nitrogen and oxygen atoms in total. The Morgan fingerprint density at radius 2 is 1.89 bits per heavy atom. The fourth-order valence-electron chi connectivity index (χ4n) is 2.71. The summed E-state index contributed by atoms with van der Waals surface area (Å²) >= 11 is 0. The Morgan fingerprint density at radius 1 is 1.07 bits per heavy atom. The molecule has 4 rings (SSSR count). The molecular formula is C21H14FN3O2. The molecule has 0 unspecified atom stereocenters. The van der Waals surface area contributed by atoms with E-state index in [-0.39, 0.29) is 11.7 Å². The summed E-state index contributed by atoms with van der Waals surface area (Å²) < 4.78 is 18.3. The molecule has 0 aliphatic rings. The Kier molecular flexibility index (Phi) is 4.45. The van der Waals surface area contributed by atoms with Crippen molar-refractivity contribution in [3.05, 3.63) is 90.1 Å². The number of carbonyl (C=O) groups excluding carboxylic acids is 1. The maximum atomic E-state index is 13.2. The number of nitrogens with one attached hydrogen (secondary N) is 1. The number of fused-ring (bicyclic) bond motifs is 1. The number of pyridine rings is 1. The van der Waals surface area contributed by atoms with E-state index in [9.17, 15) is 9.18 Å². The van der Waals surface area contributed by atoms with Crippen molar-refractivity contribution in [3.63, 3.8) is 0 Å². The van der Waals surface area contributed by atoms with Gasteiger partial charge >= 0.3 is 0 Å². The number of hydrogen-bond donors (Lipinski definition) is 1. The van der Waals surface area contributed by atoms with Crippen molar-refractivity contribution in [1.82, 2.24) is 10.4 Å². The second-order valence-electron chi connectivity index (χ2n) is 5.79. The van der Waals surface area contributed by atoms with E-state index in [1.54, 1.807) is 30.3 Å². The number of para-hydroxylation sites is 1. The fourth-order valence-corrected chi connectivity index (χ4v) is 2.71. The highest BCUT2D eigenvalue weighted by atomic mass is 19.1. The van der Waals surface area contributed by atoms with Crippen molar-refractivity contribution in [2.75, 3.05) is 0 Å². The molecule has 2 aromatic carbocycles. The molecule has 1 N–H and O–H groups in total. The van der Waals surface area contributed by atoms with Gasteiger partial charge in [0.25, 0.3) is 5.91 Å². The lowest BCUT2D eigenvalue weighted by atomic mass is 10.0. The van der Waals surface area contributed by atoms with E-state index in [1.807, 2.05) is 24.3 Å². The second kappa shape index (κ2) is 7.21. The van der Waals surface area contributed by atoms with Gasteiger partial charge in [-0.2, -0.15) is 5.10 Å². The zero-order valence-corrected chi connectivity index (χ0v) is 14.1. The number of benzene rings is 2. The zero-order chi connectivity index (χ0) is 18.6. The van der Waals surface area contributed by atoms with Crippen molar-refractivity contribution >= 4 is 23.0 Å². The number of aromatic nitrogens is 1. The lowest BCUT2D eigenvalue weighted by Gasteiger charge is -2.09. The third kappa shape index (κ3) is 3.59. The van der Waals surface area contributed by atoms with Gasteiger partial charge in [0.2, 0.25) is 0 Å². The minimum Gasteiger partial charge on any atom is -0.463 e. The van der Waals surface area contributed by atoms with E-state index in [0.717, 1.165) is 5.56 Å². The van der Waals surface area contributed by atoms with Crippen molar-refractivity contribution in [1.29, 1.82) is 0 Å². The molecule has 2 aromatic heterocycles. The molecule has 27 heavy (non-hydrogen) atoms.